The Balaban J connectivity index is 2.62. The monoisotopic (exact) mass is 254 g/mol. The lowest BCUT2D eigenvalue weighted by Gasteiger charge is -2.14. The van der Waals surface area contributed by atoms with Gasteiger partial charge in [-0.3, -0.25) is 4.68 Å². The van der Waals surface area contributed by atoms with Crippen LogP contribution >= 0.6 is 10.0 Å². The van der Waals surface area contributed by atoms with Crippen LogP contribution in [0.15, 0.2) is 12.4 Å². The summed E-state index contributed by atoms with van der Waals surface area (Å²) in [6, 6.07) is 0. The number of carbonyl (C=O) groups is 1. The van der Waals surface area contributed by atoms with Gasteiger partial charge >= 0.3 is 5.97 Å². The highest BCUT2D eigenvalue weighted by molar-refractivity contribution is 8.35. The van der Waals surface area contributed by atoms with E-state index >= 15 is 0 Å². The highest BCUT2D eigenvalue weighted by atomic mass is 32.3. The Morgan fingerprint density at radius 3 is 2.82 bits per heavy atom. The Hall–Kier alpha value is -1.41. The molecule has 0 aromatic carbocycles. The molecule has 0 saturated heterocycles. The molecule has 0 bridgehead atoms. The van der Waals surface area contributed by atoms with Crippen LogP contribution in [0.3, 0.4) is 0 Å². The molecule has 0 saturated carbocycles. The number of hydrogen-bond donors (Lipinski definition) is 0. The summed E-state index contributed by atoms with van der Waals surface area (Å²) < 4.78 is 6.52. The van der Waals surface area contributed by atoms with Crippen LogP contribution < -0.4 is 0 Å². The van der Waals surface area contributed by atoms with E-state index in [1.807, 2.05) is 0 Å². The predicted molar refractivity (Wildman–Crippen MR) is 71.3 cm³/mol. The summed E-state index contributed by atoms with van der Waals surface area (Å²) in [7, 11) is -0.806. The molecule has 4 nitrogen and oxygen atoms in total. The molecule has 0 amide bonds. The molecular weight excluding hydrogens is 236 g/mol. The first-order chi connectivity index (χ1) is 7.92. The van der Waals surface area contributed by atoms with E-state index in [9.17, 15) is 4.79 Å². The van der Waals surface area contributed by atoms with Crippen LogP contribution in [0.1, 0.15) is 17.3 Å². The number of nitrogens with zero attached hydrogens (tertiary/aromatic N) is 2. The number of aromatic nitrogens is 2. The fourth-order valence-corrected chi connectivity index (χ4v) is 1.60. The molecule has 0 atom stereocenters. The quantitative estimate of drug-likeness (QED) is 0.609. The summed E-state index contributed by atoms with van der Waals surface area (Å²) in [5.41, 5.74) is 0.469. The highest BCUT2D eigenvalue weighted by Crippen LogP contribution is 2.31. The summed E-state index contributed by atoms with van der Waals surface area (Å²) in [5.74, 6) is 2.72. The number of hydrogen-bond acceptors (Lipinski definition) is 3. The average molecular weight is 254 g/mol. The zero-order chi connectivity index (χ0) is 12.9. The van der Waals surface area contributed by atoms with Gasteiger partial charge < -0.3 is 4.74 Å². The second kappa shape index (κ2) is 5.78. The molecule has 1 heterocycles. The van der Waals surface area contributed by atoms with Crippen LogP contribution in [0, 0.1) is 11.2 Å². The first-order valence-electron chi connectivity index (χ1n) is 5.30. The second-order valence-corrected chi connectivity index (χ2v) is 8.14. The van der Waals surface area contributed by atoms with E-state index in [-0.39, 0.29) is 5.97 Å². The van der Waals surface area contributed by atoms with Crippen LogP contribution in [0.25, 0.3) is 0 Å². The van der Waals surface area contributed by atoms with Crippen LogP contribution in [-0.2, 0) is 11.3 Å². The minimum atomic E-state index is -0.806. The SMILES string of the molecule is CCOC(=O)c1cnn(CC#CS(C)(C)C)c1. The van der Waals surface area contributed by atoms with Gasteiger partial charge in [0.1, 0.15) is 6.54 Å². The summed E-state index contributed by atoms with van der Waals surface area (Å²) >= 11 is 0. The minimum absolute atomic E-state index is 0.340. The Labute approximate surface area is 104 Å². The van der Waals surface area contributed by atoms with Crippen molar-refractivity contribution in [1.29, 1.82) is 0 Å². The normalized spacial score (nSPS) is 11.5. The lowest BCUT2D eigenvalue weighted by atomic mass is 10.4. The molecule has 0 aliphatic rings. The molecule has 0 spiro atoms. The van der Waals surface area contributed by atoms with E-state index in [4.69, 9.17) is 4.74 Å². The molecule has 1 aromatic rings. The van der Waals surface area contributed by atoms with E-state index in [2.05, 4.69) is 35.0 Å². The van der Waals surface area contributed by atoms with Crippen molar-refractivity contribution in [2.24, 2.45) is 0 Å². The maximum Gasteiger partial charge on any atom is 0.341 e. The molecule has 0 fully saturated rings. The third kappa shape index (κ3) is 4.96. The molecule has 0 N–H and O–H groups in total. The van der Waals surface area contributed by atoms with Gasteiger partial charge in [-0.25, -0.2) is 4.79 Å². The fourth-order valence-electron chi connectivity index (χ4n) is 1.10. The van der Waals surface area contributed by atoms with Gasteiger partial charge in [-0.15, -0.1) is 0 Å². The number of esters is 1. The van der Waals surface area contributed by atoms with Gasteiger partial charge in [-0.1, -0.05) is 11.2 Å². The molecule has 1 rings (SSSR count). The summed E-state index contributed by atoms with van der Waals surface area (Å²) in [4.78, 5) is 11.4. The van der Waals surface area contributed by atoms with Gasteiger partial charge in [0, 0.05) is 6.20 Å². The second-order valence-electron chi connectivity index (χ2n) is 4.26. The van der Waals surface area contributed by atoms with E-state index in [1.54, 1.807) is 17.8 Å². The standard InChI is InChI=1S/C12H18N2O2S/c1-5-16-12(15)11-9-13-14(10-11)7-6-8-17(2,3)4/h9-10H,5,7H2,1-4H3. The van der Waals surface area contributed by atoms with Crippen molar-refractivity contribution in [2.75, 3.05) is 25.4 Å². The summed E-state index contributed by atoms with van der Waals surface area (Å²) in [6.45, 7) is 2.65. The van der Waals surface area contributed by atoms with Crippen LogP contribution in [0.2, 0.25) is 0 Å². The maximum atomic E-state index is 11.4. The first kappa shape index (κ1) is 13.7. The largest absolute Gasteiger partial charge is 0.462 e. The van der Waals surface area contributed by atoms with Crippen molar-refractivity contribution in [3.05, 3.63) is 18.0 Å². The maximum absolute atomic E-state index is 11.4. The van der Waals surface area contributed by atoms with Gasteiger partial charge in [0.25, 0.3) is 0 Å². The average Bonchev–Trinajstić information content (AvgIpc) is 2.65. The van der Waals surface area contributed by atoms with Crippen molar-refractivity contribution in [3.8, 4) is 11.2 Å². The van der Waals surface area contributed by atoms with Crippen molar-refractivity contribution in [1.82, 2.24) is 9.78 Å². The third-order valence-electron chi connectivity index (χ3n) is 1.76. The van der Waals surface area contributed by atoms with Crippen molar-refractivity contribution in [2.45, 2.75) is 13.5 Å². The highest BCUT2D eigenvalue weighted by Gasteiger charge is 2.08. The number of rotatable bonds is 3. The fraction of sp³-hybridized carbons (Fsp3) is 0.500. The molecule has 94 valence electrons. The first-order valence-corrected chi connectivity index (χ1v) is 8.15. The number of carbonyl (C=O) groups excluding carboxylic acids is 1. The molecule has 5 heteroatoms. The molecule has 0 aliphatic carbocycles. The van der Waals surface area contributed by atoms with Crippen molar-refractivity contribution in [3.63, 3.8) is 0 Å². The van der Waals surface area contributed by atoms with E-state index in [0.717, 1.165) is 0 Å². The number of ether oxygens (including phenoxy) is 1. The van der Waals surface area contributed by atoms with Gasteiger partial charge in [0.15, 0.2) is 0 Å². The van der Waals surface area contributed by atoms with Crippen LogP contribution in [0.4, 0.5) is 0 Å². The Kier molecular flexibility index (Phi) is 4.64. The molecule has 1 aromatic heterocycles. The minimum Gasteiger partial charge on any atom is -0.462 e. The lowest BCUT2D eigenvalue weighted by Crippen LogP contribution is -2.03. The van der Waals surface area contributed by atoms with E-state index in [1.165, 1.54) is 6.20 Å². The lowest BCUT2D eigenvalue weighted by molar-refractivity contribution is 0.0526. The van der Waals surface area contributed by atoms with E-state index < -0.39 is 10.0 Å². The van der Waals surface area contributed by atoms with Crippen molar-refractivity contribution < 1.29 is 9.53 Å². The molecule has 17 heavy (non-hydrogen) atoms. The molecule has 0 aliphatic heterocycles. The third-order valence-corrected chi connectivity index (χ3v) is 2.52. The van der Waals surface area contributed by atoms with E-state index in [0.29, 0.717) is 18.7 Å². The topological polar surface area (TPSA) is 44.1 Å². The smallest absolute Gasteiger partial charge is 0.341 e. The summed E-state index contributed by atoms with van der Waals surface area (Å²) in [5, 5.41) is 7.25. The Morgan fingerprint density at radius 1 is 1.53 bits per heavy atom. The van der Waals surface area contributed by atoms with Gasteiger partial charge in [-0.05, 0) is 25.7 Å². The van der Waals surface area contributed by atoms with Gasteiger partial charge in [-0.2, -0.15) is 15.1 Å². The molecule has 0 unspecified atom stereocenters. The Bertz CT molecular complexity index is 449. The van der Waals surface area contributed by atoms with Gasteiger partial charge in [0.2, 0.25) is 0 Å². The van der Waals surface area contributed by atoms with Crippen molar-refractivity contribution >= 4 is 16.0 Å². The van der Waals surface area contributed by atoms with Crippen LogP contribution in [0.5, 0.6) is 0 Å². The van der Waals surface area contributed by atoms with Crippen LogP contribution in [-0.4, -0.2) is 41.1 Å². The zero-order valence-electron chi connectivity index (χ0n) is 10.7. The molecule has 0 radical (unpaired) electrons. The Morgan fingerprint density at radius 2 is 2.24 bits per heavy atom. The summed E-state index contributed by atoms with van der Waals surface area (Å²) in [6.07, 6.45) is 9.56. The molecular formula is C12H18N2O2S. The van der Waals surface area contributed by atoms with Gasteiger partial charge in [0.05, 0.1) is 18.4 Å². The zero-order valence-corrected chi connectivity index (χ0v) is 11.5. The predicted octanol–water partition coefficient (Wildman–Crippen LogP) is 1.71.